The maximum atomic E-state index is 12.2. The third-order valence-corrected chi connectivity index (χ3v) is 3.51. The average molecular weight is 237 g/mol. The van der Waals surface area contributed by atoms with E-state index in [1.165, 1.54) is 12.0 Å². The van der Waals surface area contributed by atoms with Gasteiger partial charge in [-0.1, -0.05) is 12.2 Å². The van der Waals surface area contributed by atoms with Crippen LogP contribution in [0, 0.1) is 0 Å². The van der Waals surface area contributed by atoms with Gasteiger partial charge in [-0.15, -0.1) is 0 Å². The molecule has 0 aromatic carbocycles. The number of carbonyl (C=O) groups excluding carboxylic acids is 1. The van der Waals surface area contributed by atoms with Gasteiger partial charge in [-0.2, -0.15) is 0 Å². The van der Waals surface area contributed by atoms with E-state index < -0.39 is 5.60 Å². The summed E-state index contributed by atoms with van der Waals surface area (Å²) in [6, 6.07) is 0.648. The molecule has 0 aromatic heterocycles. The average Bonchev–Trinajstić information content (AvgIpc) is 2.12. The molecular formula is C14H23NO2. The molecule has 0 aliphatic carbocycles. The van der Waals surface area contributed by atoms with Crippen molar-refractivity contribution in [2.75, 3.05) is 0 Å². The first-order chi connectivity index (χ1) is 7.87. The molecule has 0 spiro atoms. The van der Waals surface area contributed by atoms with E-state index in [1.807, 2.05) is 25.7 Å². The quantitative estimate of drug-likeness (QED) is 0.603. The molecule has 2 fully saturated rings. The summed E-state index contributed by atoms with van der Waals surface area (Å²) >= 11 is 0. The normalized spacial score (nSPS) is 29.1. The topological polar surface area (TPSA) is 29.5 Å². The van der Waals surface area contributed by atoms with Crippen molar-refractivity contribution < 1.29 is 9.53 Å². The lowest BCUT2D eigenvalue weighted by atomic mass is 9.82. The van der Waals surface area contributed by atoms with Gasteiger partial charge in [-0.25, -0.2) is 4.79 Å². The van der Waals surface area contributed by atoms with E-state index in [1.54, 1.807) is 0 Å². The van der Waals surface area contributed by atoms with Crippen LogP contribution < -0.4 is 0 Å². The van der Waals surface area contributed by atoms with Crippen molar-refractivity contribution in [3.8, 4) is 0 Å². The highest BCUT2D eigenvalue weighted by Gasteiger charge is 2.40. The van der Waals surface area contributed by atoms with Crippen LogP contribution in [0.4, 0.5) is 4.79 Å². The number of piperidine rings is 2. The molecule has 0 radical (unpaired) electrons. The highest BCUT2D eigenvalue weighted by Crippen LogP contribution is 2.36. The number of fused-ring (bicyclic) bond motifs is 2. The van der Waals surface area contributed by atoms with Gasteiger partial charge in [0.1, 0.15) is 5.60 Å². The van der Waals surface area contributed by atoms with Gasteiger partial charge in [0, 0.05) is 12.1 Å². The number of hydrogen-bond acceptors (Lipinski definition) is 2. The van der Waals surface area contributed by atoms with Gasteiger partial charge in [0.15, 0.2) is 0 Å². The van der Waals surface area contributed by atoms with E-state index in [9.17, 15) is 4.79 Å². The lowest BCUT2D eigenvalue weighted by Gasteiger charge is -2.46. The molecule has 1 amide bonds. The van der Waals surface area contributed by atoms with Gasteiger partial charge in [-0.3, -0.25) is 0 Å². The van der Waals surface area contributed by atoms with Crippen molar-refractivity contribution in [2.45, 2.75) is 70.6 Å². The van der Waals surface area contributed by atoms with Crippen molar-refractivity contribution in [1.29, 1.82) is 0 Å². The Morgan fingerprint density at radius 3 is 2.29 bits per heavy atom. The molecule has 2 heterocycles. The zero-order valence-electron chi connectivity index (χ0n) is 11.2. The first-order valence-electron chi connectivity index (χ1n) is 6.55. The summed E-state index contributed by atoms with van der Waals surface area (Å²) in [5.74, 6) is 0. The minimum atomic E-state index is -0.403. The Balaban J connectivity index is 2.09. The van der Waals surface area contributed by atoms with Crippen molar-refractivity contribution in [3.63, 3.8) is 0 Å². The molecule has 2 rings (SSSR count). The highest BCUT2D eigenvalue weighted by molar-refractivity contribution is 5.69. The summed E-state index contributed by atoms with van der Waals surface area (Å²) in [6.07, 6.45) is 5.18. The monoisotopic (exact) mass is 237 g/mol. The minimum Gasteiger partial charge on any atom is -0.444 e. The second kappa shape index (κ2) is 4.35. The summed E-state index contributed by atoms with van der Waals surface area (Å²) in [5.41, 5.74) is 0.888. The second-order valence-corrected chi connectivity index (χ2v) is 6.28. The lowest BCUT2D eigenvalue weighted by Crippen LogP contribution is -2.54. The molecule has 3 nitrogen and oxygen atoms in total. The Morgan fingerprint density at radius 2 is 1.82 bits per heavy atom. The predicted molar refractivity (Wildman–Crippen MR) is 67.9 cm³/mol. The Hall–Kier alpha value is -0.990. The maximum absolute atomic E-state index is 12.2. The van der Waals surface area contributed by atoms with Crippen LogP contribution in [0.1, 0.15) is 52.9 Å². The number of hydrogen-bond donors (Lipinski definition) is 0. The number of nitrogens with zero attached hydrogens (tertiary/aromatic N) is 1. The molecule has 0 aromatic rings. The zero-order valence-corrected chi connectivity index (χ0v) is 11.2. The standard InChI is InChI=1S/C14H23NO2/c1-10-8-11-6-5-7-12(9-10)15(11)13(16)17-14(2,3)4/h11-12H,1,5-9H2,2-4H3. The number of carbonyl (C=O) groups is 1. The van der Waals surface area contributed by atoms with Gasteiger partial charge < -0.3 is 9.64 Å². The van der Waals surface area contributed by atoms with Gasteiger partial charge in [0.2, 0.25) is 0 Å². The summed E-state index contributed by atoms with van der Waals surface area (Å²) in [5, 5.41) is 0. The summed E-state index contributed by atoms with van der Waals surface area (Å²) in [7, 11) is 0. The largest absolute Gasteiger partial charge is 0.444 e. The summed E-state index contributed by atoms with van der Waals surface area (Å²) in [4.78, 5) is 14.2. The van der Waals surface area contributed by atoms with Crippen molar-refractivity contribution in [3.05, 3.63) is 12.2 Å². The zero-order chi connectivity index (χ0) is 12.6. The molecular weight excluding hydrogens is 214 g/mol. The van der Waals surface area contributed by atoms with Crippen LogP contribution in [0.5, 0.6) is 0 Å². The van der Waals surface area contributed by atoms with Crippen LogP contribution >= 0.6 is 0 Å². The fourth-order valence-electron chi connectivity index (χ4n) is 2.93. The highest BCUT2D eigenvalue weighted by atomic mass is 16.6. The molecule has 2 aliphatic rings. The van der Waals surface area contributed by atoms with Crippen molar-refractivity contribution in [2.24, 2.45) is 0 Å². The van der Waals surface area contributed by atoms with Gasteiger partial charge in [-0.05, 0) is 52.9 Å². The minimum absolute atomic E-state index is 0.139. The molecule has 0 N–H and O–H groups in total. The predicted octanol–water partition coefficient (Wildman–Crippen LogP) is 3.49. The Morgan fingerprint density at radius 1 is 1.29 bits per heavy atom. The molecule has 0 saturated carbocycles. The molecule has 2 aliphatic heterocycles. The Labute approximate surface area is 104 Å². The Bertz CT molecular complexity index is 314. The Kier molecular flexibility index (Phi) is 3.19. The maximum Gasteiger partial charge on any atom is 0.410 e. The van der Waals surface area contributed by atoms with Crippen LogP contribution in [-0.2, 0) is 4.74 Å². The van der Waals surface area contributed by atoms with E-state index in [-0.39, 0.29) is 6.09 Å². The molecule has 17 heavy (non-hydrogen) atoms. The molecule has 2 atom stereocenters. The molecule has 2 unspecified atom stereocenters. The first kappa shape index (κ1) is 12.5. The molecule has 2 bridgehead atoms. The van der Waals surface area contributed by atoms with E-state index >= 15 is 0 Å². The van der Waals surface area contributed by atoms with E-state index in [2.05, 4.69) is 6.58 Å². The fraction of sp³-hybridized carbons (Fsp3) is 0.786. The molecule has 2 saturated heterocycles. The lowest BCUT2D eigenvalue weighted by molar-refractivity contribution is -0.0112. The fourth-order valence-corrected chi connectivity index (χ4v) is 2.93. The summed E-state index contributed by atoms with van der Waals surface area (Å²) in [6.45, 7) is 9.85. The van der Waals surface area contributed by atoms with E-state index in [0.29, 0.717) is 12.1 Å². The van der Waals surface area contributed by atoms with Crippen LogP contribution in [-0.4, -0.2) is 28.7 Å². The van der Waals surface area contributed by atoms with E-state index in [4.69, 9.17) is 4.74 Å². The van der Waals surface area contributed by atoms with Crippen LogP contribution in [0.25, 0.3) is 0 Å². The number of amides is 1. The molecule has 96 valence electrons. The van der Waals surface area contributed by atoms with Crippen LogP contribution in [0.3, 0.4) is 0 Å². The van der Waals surface area contributed by atoms with Crippen LogP contribution in [0.2, 0.25) is 0 Å². The smallest absolute Gasteiger partial charge is 0.410 e. The SMILES string of the molecule is C=C1CC2CCCC(C1)N2C(=O)OC(C)(C)C. The van der Waals surface area contributed by atoms with Gasteiger partial charge in [0.05, 0.1) is 0 Å². The van der Waals surface area contributed by atoms with Gasteiger partial charge >= 0.3 is 6.09 Å². The molecule has 3 heteroatoms. The van der Waals surface area contributed by atoms with E-state index in [0.717, 1.165) is 25.7 Å². The van der Waals surface area contributed by atoms with Gasteiger partial charge in [0.25, 0.3) is 0 Å². The number of rotatable bonds is 0. The summed E-state index contributed by atoms with van der Waals surface area (Å²) < 4.78 is 5.51. The first-order valence-corrected chi connectivity index (χ1v) is 6.55. The van der Waals surface area contributed by atoms with Crippen molar-refractivity contribution in [1.82, 2.24) is 4.90 Å². The third-order valence-electron chi connectivity index (χ3n) is 3.51. The van der Waals surface area contributed by atoms with Crippen molar-refractivity contribution >= 4 is 6.09 Å². The number of ether oxygens (including phenoxy) is 1. The van der Waals surface area contributed by atoms with Crippen LogP contribution in [0.15, 0.2) is 12.2 Å². The second-order valence-electron chi connectivity index (χ2n) is 6.28. The third kappa shape index (κ3) is 2.82.